The molecule has 0 radical (unpaired) electrons. The maximum atomic E-state index is 11.8. The summed E-state index contributed by atoms with van der Waals surface area (Å²) in [4.78, 5) is 33.9. The highest BCUT2D eigenvalue weighted by molar-refractivity contribution is 5.94. The van der Waals surface area contributed by atoms with Crippen LogP contribution in [0.15, 0.2) is 42.5 Å². The highest BCUT2D eigenvalue weighted by Crippen LogP contribution is 2.26. The first-order chi connectivity index (χ1) is 13.0. The Morgan fingerprint density at radius 2 is 1.85 bits per heavy atom. The molecule has 2 aromatic carbocycles. The molecule has 1 amide bonds. The van der Waals surface area contributed by atoms with Gasteiger partial charge in [0.05, 0.1) is 4.92 Å². The lowest BCUT2D eigenvalue weighted by Crippen LogP contribution is -2.24. The number of esters is 1. The Morgan fingerprint density at radius 1 is 1.07 bits per heavy atom. The normalized spacial score (nSPS) is 12.1. The monoisotopic (exact) mass is 370 g/mol. The first-order valence-electron chi connectivity index (χ1n) is 8.46. The van der Waals surface area contributed by atoms with E-state index in [2.05, 4.69) is 5.32 Å². The minimum atomic E-state index is -0.701. The van der Waals surface area contributed by atoms with Crippen LogP contribution in [0.4, 0.5) is 11.4 Å². The number of amides is 1. The predicted octanol–water partition coefficient (Wildman–Crippen LogP) is 2.64. The Balaban J connectivity index is 1.45. The van der Waals surface area contributed by atoms with Crippen molar-refractivity contribution in [3.8, 4) is 5.75 Å². The molecule has 0 saturated heterocycles. The van der Waals surface area contributed by atoms with Gasteiger partial charge >= 0.3 is 5.97 Å². The third-order valence-electron chi connectivity index (χ3n) is 4.17. The van der Waals surface area contributed by atoms with Gasteiger partial charge in [-0.2, -0.15) is 0 Å². The maximum absolute atomic E-state index is 11.8. The fraction of sp³-hybridized carbons (Fsp3) is 0.263. The molecular formula is C19H18N2O6. The first-order valence-corrected chi connectivity index (χ1v) is 8.46. The van der Waals surface area contributed by atoms with E-state index in [0.717, 1.165) is 19.3 Å². The number of aryl methyl sites for hydroxylation is 2. The molecule has 8 nitrogen and oxygen atoms in total. The number of carbonyl (C=O) groups is 2. The second-order valence-corrected chi connectivity index (χ2v) is 6.06. The van der Waals surface area contributed by atoms with Gasteiger partial charge in [-0.15, -0.1) is 0 Å². The smallest absolute Gasteiger partial charge is 0.344 e. The van der Waals surface area contributed by atoms with Crippen molar-refractivity contribution in [3.05, 3.63) is 63.7 Å². The molecule has 0 atom stereocenters. The van der Waals surface area contributed by atoms with Crippen molar-refractivity contribution >= 4 is 23.3 Å². The number of nitrogens with one attached hydrogen (secondary N) is 1. The van der Waals surface area contributed by atoms with Crippen molar-refractivity contribution in [2.45, 2.75) is 19.3 Å². The Kier molecular flexibility index (Phi) is 5.65. The van der Waals surface area contributed by atoms with Gasteiger partial charge in [0.2, 0.25) is 0 Å². The number of nitrogens with zero attached hydrogens (tertiary/aromatic N) is 1. The van der Waals surface area contributed by atoms with Crippen LogP contribution in [0.1, 0.15) is 17.5 Å². The average Bonchev–Trinajstić information content (AvgIpc) is 3.12. The van der Waals surface area contributed by atoms with Crippen molar-refractivity contribution in [2.24, 2.45) is 0 Å². The topological polar surface area (TPSA) is 108 Å². The summed E-state index contributed by atoms with van der Waals surface area (Å²) in [5, 5.41) is 13.3. The van der Waals surface area contributed by atoms with Gasteiger partial charge in [0.25, 0.3) is 11.6 Å². The lowest BCUT2D eigenvalue weighted by molar-refractivity contribution is -0.383. The highest BCUT2D eigenvalue weighted by atomic mass is 16.6. The van der Waals surface area contributed by atoms with Crippen LogP contribution in [-0.4, -0.2) is 30.0 Å². The summed E-state index contributed by atoms with van der Waals surface area (Å²) in [6, 6.07) is 11.4. The van der Waals surface area contributed by atoms with E-state index in [1.807, 2.05) is 12.1 Å². The van der Waals surface area contributed by atoms with Crippen LogP contribution in [0.2, 0.25) is 0 Å². The highest BCUT2D eigenvalue weighted by Gasteiger charge is 2.16. The van der Waals surface area contributed by atoms with Crippen LogP contribution in [-0.2, 0) is 27.2 Å². The molecular weight excluding hydrogens is 352 g/mol. The summed E-state index contributed by atoms with van der Waals surface area (Å²) in [5.74, 6) is -0.791. The zero-order chi connectivity index (χ0) is 19.2. The molecule has 0 fully saturated rings. The molecule has 0 saturated carbocycles. The Labute approximate surface area is 155 Å². The largest absolute Gasteiger partial charge is 0.482 e. The van der Waals surface area contributed by atoms with E-state index in [9.17, 15) is 19.7 Å². The summed E-state index contributed by atoms with van der Waals surface area (Å²) in [7, 11) is 0. The number of nitro benzene ring substituents is 1. The van der Waals surface area contributed by atoms with E-state index in [-0.39, 0.29) is 18.0 Å². The van der Waals surface area contributed by atoms with Gasteiger partial charge in [0.15, 0.2) is 13.2 Å². The molecule has 27 heavy (non-hydrogen) atoms. The van der Waals surface area contributed by atoms with Gasteiger partial charge in [-0.3, -0.25) is 14.9 Å². The number of hydrogen-bond acceptors (Lipinski definition) is 6. The quantitative estimate of drug-likeness (QED) is 0.456. The van der Waals surface area contributed by atoms with Crippen LogP contribution >= 0.6 is 0 Å². The third-order valence-corrected chi connectivity index (χ3v) is 4.17. The summed E-state index contributed by atoms with van der Waals surface area (Å²) < 4.78 is 10.2. The summed E-state index contributed by atoms with van der Waals surface area (Å²) in [6.45, 7) is -0.879. The van der Waals surface area contributed by atoms with Crippen molar-refractivity contribution in [1.29, 1.82) is 0 Å². The van der Waals surface area contributed by atoms with Crippen LogP contribution in [0.5, 0.6) is 5.75 Å². The number of ether oxygens (including phenoxy) is 2. The van der Waals surface area contributed by atoms with Gasteiger partial charge in [-0.25, -0.2) is 4.79 Å². The Hall–Kier alpha value is -3.42. The van der Waals surface area contributed by atoms with Crippen molar-refractivity contribution < 1.29 is 24.0 Å². The van der Waals surface area contributed by atoms with Gasteiger partial charge < -0.3 is 14.8 Å². The summed E-state index contributed by atoms with van der Waals surface area (Å²) >= 11 is 0. The molecule has 3 rings (SSSR count). The molecule has 0 unspecified atom stereocenters. The number of nitro groups is 1. The van der Waals surface area contributed by atoms with Crippen LogP contribution in [0.25, 0.3) is 0 Å². The fourth-order valence-electron chi connectivity index (χ4n) is 2.89. The number of hydrogen-bond donors (Lipinski definition) is 1. The van der Waals surface area contributed by atoms with E-state index in [0.29, 0.717) is 5.75 Å². The van der Waals surface area contributed by atoms with Gasteiger partial charge in [-0.05, 0) is 48.6 Å². The average molecular weight is 370 g/mol. The molecule has 0 heterocycles. The summed E-state index contributed by atoms with van der Waals surface area (Å²) in [5.41, 5.74) is 2.33. The Morgan fingerprint density at radius 3 is 2.67 bits per heavy atom. The third kappa shape index (κ3) is 4.81. The number of fused-ring (bicyclic) bond motifs is 1. The zero-order valence-corrected chi connectivity index (χ0v) is 14.5. The van der Waals surface area contributed by atoms with E-state index >= 15 is 0 Å². The fourth-order valence-corrected chi connectivity index (χ4v) is 2.89. The minimum absolute atomic E-state index is 0.0398. The molecule has 8 heteroatoms. The minimum Gasteiger partial charge on any atom is -0.482 e. The van der Waals surface area contributed by atoms with Crippen LogP contribution in [0.3, 0.4) is 0 Å². The van der Waals surface area contributed by atoms with Crippen molar-refractivity contribution in [1.82, 2.24) is 0 Å². The number of para-hydroxylation sites is 2. The molecule has 1 aliphatic carbocycles. The molecule has 1 N–H and O–H groups in total. The van der Waals surface area contributed by atoms with Crippen molar-refractivity contribution in [2.75, 3.05) is 18.5 Å². The number of anilines is 1. The molecule has 2 aromatic rings. The van der Waals surface area contributed by atoms with Crippen LogP contribution < -0.4 is 10.1 Å². The SMILES string of the molecule is O=C(COC(=O)COc1ccc2c(c1)CCC2)Nc1ccccc1[N+](=O)[O-]. The van der Waals surface area contributed by atoms with Crippen LogP contribution in [0, 0.1) is 10.1 Å². The molecule has 0 aliphatic heterocycles. The number of benzene rings is 2. The van der Waals surface area contributed by atoms with Crippen molar-refractivity contribution in [3.63, 3.8) is 0 Å². The number of rotatable bonds is 7. The molecule has 140 valence electrons. The van der Waals surface area contributed by atoms with Gasteiger partial charge in [-0.1, -0.05) is 18.2 Å². The van der Waals surface area contributed by atoms with Gasteiger partial charge in [0, 0.05) is 6.07 Å². The molecule has 0 spiro atoms. The maximum Gasteiger partial charge on any atom is 0.344 e. The van der Waals surface area contributed by atoms with E-state index < -0.39 is 23.4 Å². The van der Waals surface area contributed by atoms with E-state index in [1.54, 1.807) is 12.1 Å². The lowest BCUT2D eigenvalue weighted by Gasteiger charge is -2.09. The van der Waals surface area contributed by atoms with Gasteiger partial charge in [0.1, 0.15) is 11.4 Å². The first kappa shape index (κ1) is 18.4. The molecule has 0 aromatic heterocycles. The lowest BCUT2D eigenvalue weighted by atomic mass is 10.1. The second-order valence-electron chi connectivity index (χ2n) is 6.06. The predicted molar refractivity (Wildman–Crippen MR) is 96.6 cm³/mol. The number of carbonyl (C=O) groups excluding carboxylic acids is 2. The van der Waals surface area contributed by atoms with E-state index in [4.69, 9.17) is 9.47 Å². The summed E-state index contributed by atoms with van der Waals surface area (Å²) in [6.07, 6.45) is 3.19. The molecule has 0 bridgehead atoms. The van der Waals surface area contributed by atoms with E-state index in [1.165, 1.54) is 29.3 Å². The molecule has 1 aliphatic rings. The zero-order valence-electron chi connectivity index (χ0n) is 14.5. The standard InChI is InChI=1S/C19H18N2O6/c22-18(20-16-6-1-2-7-17(16)21(24)25)11-27-19(23)12-26-15-9-8-13-4-3-5-14(13)10-15/h1-2,6-10H,3-5,11-12H2,(H,20,22). The second kappa shape index (κ2) is 8.31. The Bertz CT molecular complexity index is 880.